The van der Waals surface area contributed by atoms with Crippen LogP contribution in [-0.4, -0.2) is 31.8 Å². The van der Waals surface area contributed by atoms with Gasteiger partial charge in [-0.1, -0.05) is 13.8 Å². The van der Waals surface area contributed by atoms with Gasteiger partial charge in [0.25, 0.3) is 0 Å². The molecule has 2 fully saturated rings. The van der Waals surface area contributed by atoms with Crippen LogP contribution in [0.4, 0.5) is 0 Å². The molecule has 0 radical (unpaired) electrons. The fourth-order valence-corrected chi connectivity index (χ4v) is 3.13. The summed E-state index contributed by atoms with van der Waals surface area (Å²) in [4.78, 5) is 0. The van der Waals surface area contributed by atoms with Crippen LogP contribution in [0.25, 0.3) is 0 Å². The van der Waals surface area contributed by atoms with Gasteiger partial charge in [-0.25, -0.2) is 0 Å². The fraction of sp³-hybridized carbons (Fsp3) is 1.00. The lowest BCUT2D eigenvalue weighted by Gasteiger charge is -2.62. The molecule has 3 heteroatoms. The molecule has 0 amide bonds. The van der Waals surface area contributed by atoms with Crippen LogP contribution in [-0.2, 0) is 4.74 Å². The molecule has 1 saturated carbocycles. The van der Waals surface area contributed by atoms with E-state index in [9.17, 15) is 0 Å². The molecule has 0 aromatic carbocycles. The minimum atomic E-state index is -0.0666. The molecular formula is C10H20N2O. The van der Waals surface area contributed by atoms with Gasteiger partial charge in [-0.3, -0.25) is 0 Å². The summed E-state index contributed by atoms with van der Waals surface area (Å²) in [5.41, 5.74) is 6.49. The van der Waals surface area contributed by atoms with Crippen molar-refractivity contribution in [3.05, 3.63) is 0 Å². The van der Waals surface area contributed by atoms with Gasteiger partial charge in [0.2, 0.25) is 0 Å². The highest BCUT2D eigenvalue weighted by Crippen LogP contribution is 2.57. The third-order valence-corrected chi connectivity index (χ3v) is 4.13. The van der Waals surface area contributed by atoms with Crippen molar-refractivity contribution in [1.29, 1.82) is 0 Å². The molecule has 2 aliphatic rings. The Kier molecular flexibility index (Phi) is 1.95. The Hall–Kier alpha value is -0.120. The highest BCUT2D eigenvalue weighted by molar-refractivity contribution is 5.21. The number of ether oxygens (including phenoxy) is 1. The summed E-state index contributed by atoms with van der Waals surface area (Å²) in [6.45, 7) is 6.22. The van der Waals surface area contributed by atoms with Crippen LogP contribution in [0.15, 0.2) is 0 Å². The van der Waals surface area contributed by atoms with Crippen LogP contribution >= 0.6 is 0 Å². The van der Waals surface area contributed by atoms with E-state index in [4.69, 9.17) is 10.5 Å². The number of hydrogen-bond donors (Lipinski definition) is 2. The molecule has 1 aliphatic carbocycles. The molecule has 0 aromatic rings. The SMILES string of the molecule is CNCC1(N)C2CCOC2C1(C)C. The Labute approximate surface area is 80.0 Å². The summed E-state index contributed by atoms with van der Waals surface area (Å²) in [6.07, 6.45) is 1.53. The largest absolute Gasteiger partial charge is 0.377 e. The lowest BCUT2D eigenvalue weighted by atomic mass is 9.48. The van der Waals surface area contributed by atoms with Crippen LogP contribution in [0.5, 0.6) is 0 Å². The van der Waals surface area contributed by atoms with E-state index in [1.54, 1.807) is 0 Å². The lowest BCUT2D eigenvalue weighted by Crippen LogP contribution is -2.77. The van der Waals surface area contributed by atoms with Crippen LogP contribution in [0.3, 0.4) is 0 Å². The topological polar surface area (TPSA) is 47.3 Å². The van der Waals surface area contributed by atoms with Gasteiger partial charge in [-0.2, -0.15) is 0 Å². The molecule has 3 unspecified atom stereocenters. The fourth-order valence-electron chi connectivity index (χ4n) is 3.13. The van der Waals surface area contributed by atoms with Gasteiger partial charge >= 0.3 is 0 Å². The number of likely N-dealkylation sites (N-methyl/N-ethyl adjacent to an activating group) is 1. The van der Waals surface area contributed by atoms with Crippen molar-refractivity contribution in [3.8, 4) is 0 Å². The van der Waals surface area contributed by atoms with Crippen molar-refractivity contribution in [1.82, 2.24) is 5.32 Å². The molecule has 0 bridgehead atoms. The summed E-state index contributed by atoms with van der Waals surface area (Å²) in [6, 6.07) is 0. The minimum Gasteiger partial charge on any atom is -0.377 e. The Morgan fingerprint density at radius 3 is 2.85 bits per heavy atom. The first-order chi connectivity index (χ1) is 6.04. The molecule has 13 heavy (non-hydrogen) atoms. The van der Waals surface area contributed by atoms with Gasteiger partial charge in [0, 0.05) is 30.0 Å². The van der Waals surface area contributed by atoms with E-state index in [-0.39, 0.29) is 11.0 Å². The van der Waals surface area contributed by atoms with Gasteiger partial charge in [0.15, 0.2) is 0 Å². The third kappa shape index (κ3) is 0.953. The van der Waals surface area contributed by atoms with Crippen molar-refractivity contribution in [2.75, 3.05) is 20.2 Å². The first-order valence-corrected chi connectivity index (χ1v) is 5.09. The normalized spacial score (nSPS) is 47.1. The molecule has 0 spiro atoms. The molecule has 1 saturated heterocycles. The van der Waals surface area contributed by atoms with Crippen molar-refractivity contribution in [2.24, 2.45) is 17.1 Å². The van der Waals surface area contributed by atoms with Crippen molar-refractivity contribution >= 4 is 0 Å². The zero-order valence-electron chi connectivity index (χ0n) is 8.76. The maximum Gasteiger partial charge on any atom is 0.0691 e. The van der Waals surface area contributed by atoms with E-state index in [0.29, 0.717) is 12.0 Å². The lowest BCUT2D eigenvalue weighted by molar-refractivity contribution is -0.152. The molecule has 1 heterocycles. The number of rotatable bonds is 2. The number of nitrogens with one attached hydrogen (secondary N) is 1. The van der Waals surface area contributed by atoms with Gasteiger partial charge in [0.1, 0.15) is 0 Å². The molecule has 1 aliphatic heterocycles. The Bertz CT molecular complexity index is 217. The molecule has 76 valence electrons. The summed E-state index contributed by atoms with van der Waals surface area (Å²) in [5.74, 6) is 0.565. The molecular weight excluding hydrogens is 164 g/mol. The Balaban J connectivity index is 2.19. The van der Waals surface area contributed by atoms with E-state index < -0.39 is 0 Å². The van der Waals surface area contributed by atoms with E-state index in [2.05, 4.69) is 19.2 Å². The summed E-state index contributed by atoms with van der Waals surface area (Å²) < 4.78 is 5.70. The third-order valence-electron chi connectivity index (χ3n) is 4.13. The maximum atomic E-state index is 6.43. The maximum absolute atomic E-state index is 6.43. The van der Waals surface area contributed by atoms with E-state index >= 15 is 0 Å². The minimum absolute atomic E-state index is 0.0666. The molecule has 3 atom stereocenters. The highest BCUT2D eigenvalue weighted by Gasteiger charge is 2.67. The van der Waals surface area contributed by atoms with E-state index in [1.807, 2.05) is 7.05 Å². The van der Waals surface area contributed by atoms with E-state index in [0.717, 1.165) is 19.6 Å². The smallest absolute Gasteiger partial charge is 0.0691 e. The van der Waals surface area contributed by atoms with Crippen molar-refractivity contribution in [2.45, 2.75) is 31.9 Å². The summed E-state index contributed by atoms with van der Waals surface area (Å²) in [7, 11) is 1.97. The Morgan fingerprint density at radius 1 is 1.54 bits per heavy atom. The van der Waals surface area contributed by atoms with Crippen molar-refractivity contribution < 1.29 is 4.74 Å². The second kappa shape index (κ2) is 2.69. The molecule has 3 N–H and O–H groups in total. The standard InChI is InChI=1S/C10H20N2O/c1-9(2)8-7(4-5-13-8)10(9,11)6-12-3/h7-8,12H,4-6,11H2,1-3H3. The predicted molar refractivity (Wildman–Crippen MR) is 52.5 cm³/mol. The van der Waals surface area contributed by atoms with Crippen LogP contribution in [0.1, 0.15) is 20.3 Å². The number of fused-ring (bicyclic) bond motifs is 1. The predicted octanol–water partition coefficient (Wildman–Crippen LogP) is 0.348. The monoisotopic (exact) mass is 184 g/mol. The van der Waals surface area contributed by atoms with Gasteiger partial charge in [-0.05, 0) is 13.5 Å². The molecule has 2 rings (SSSR count). The van der Waals surface area contributed by atoms with Crippen LogP contribution in [0.2, 0.25) is 0 Å². The second-order valence-electron chi connectivity index (χ2n) is 4.98. The van der Waals surface area contributed by atoms with Crippen molar-refractivity contribution in [3.63, 3.8) is 0 Å². The van der Waals surface area contributed by atoms with E-state index in [1.165, 1.54) is 0 Å². The zero-order chi connectivity index (χ0) is 9.69. The second-order valence-corrected chi connectivity index (χ2v) is 4.98. The van der Waals surface area contributed by atoms with Crippen LogP contribution in [0, 0.1) is 11.3 Å². The zero-order valence-corrected chi connectivity index (χ0v) is 8.76. The van der Waals surface area contributed by atoms with Gasteiger partial charge in [-0.15, -0.1) is 0 Å². The molecule has 0 aromatic heterocycles. The first kappa shape index (κ1) is 9.44. The van der Waals surface area contributed by atoms with Gasteiger partial charge < -0.3 is 15.8 Å². The summed E-state index contributed by atoms with van der Waals surface area (Å²) >= 11 is 0. The highest BCUT2D eigenvalue weighted by atomic mass is 16.5. The quantitative estimate of drug-likeness (QED) is 0.651. The number of hydrogen-bond acceptors (Lipinski definition) is 3. The number of nitrogens with two attached hydrogens (primary N) is 1. The molecule has 3 nitrogen and oxygen atoms in total. The van der Waals surface area contributed by atoms with Gasteiger partial charge in [0.05, 0.1) is 6.10 Å². The Morgan fingerprint density at radius 2 is 2.23 bits per heavy atom. The average Bonchev–Trinajstić information content (AvgIpc) is 2.51. The average molecular weight is 184 g/mol. The first-order valence-electron chi connectivity index (χ1n) is 5.09. The summed E-state index contributed by atoms with van der Waals surface area (Å²) in [5, 5.41) is 3.20. The van der Waals surface area contributed by atoms with Crippen LogP contribution < -0.4 is 11.1 Å².